The molecule has 1 aromatic heterocycles. The summed E-state index contributed by atoms with van der Waals surface area (Å²) < 4.78 is 21.3. The van der Waals surface area contributed by atoms with Crippen molar-refractivity contribution in [3.05, 3.63) is 42.5 Å². The molecular weight excluding hydrogens is 294 g/mol. The average molecular weight is 313 g/mol. The molecule has 0 aliphatic rings. The maximum Gasteiger partial charge on any atom is 0.189 e. The van der Waals surface area contributed by atoms with E-state index in [9.17, 15) is 0 Å². The van der Waals surface area contributed by atoms with E-state index in [0.717, 1.165) is 27.9 Å². The van der Waals surface area contributed by atoms with Gasteiger partial charge in [0.25, 0.3) is 0 Å². The number of benzene rings is 2. The first-order valence-electron chi connectivity index (χ1n) is 7.22. The third kappa shape index (κ3) is 2.96. The van der Waals surface area contributed by atoms with Crippen molar-refractivity contribution in [2.45, 2.75) is 0 Å². The van der Waals surface area contributed by atoms with Gasteiger partial charge in [-0.1, -0.05) is 0 Å². The maximum absolute atomic E-state index is 5.68. The van der Waals surface area contributed by atoms with Gasteiger partial charge in [-0.05, 0) is 48.0 Å². The van der Waals surface area contributed by atoms with Gasteiger partial charge < -0.3 is 23.9 Å². The predicted molar refractivity (Wildman–Crippen MR) is 89.3 cm³/mol. The van der Waals surface area contributed by atoms with E-state index >= 15 is 0 Å². The molecule has 3 rings (SSSR count). The van der Waals surface area contributed by atoms with Crippen molar-refractivity contribution in [3.8, 4) is 28.5 Å². The van der Waals surface area contributed by atoms with Gasteiger partial charge >= 0.3 is 0 Å². The third-order valence-electron chi connectivity index (χ3n) is 3.66. The van der Waals surface area contributed by atoms with Crippen LogP contribution < -0.4 is 14.2 Å². The molecule has 0 fully saturated rings. The Balaban J connectivity index is 2.06. The summed E-state index contributed by atoms with van der Waals surface area (Å²) in [6.45, 7) is 0.159. The van der Waals surface area contributed by atoms with Gasteiger partial charge in [0, 0.05) is 18.2 Å². The molecule has 0 spiro atoms. The zero-order valence-corrected chi connectivity index (χ0v) is 13.4. The second-order valence-corrected chi connectivity index (χ2v) is 5.02. The van der Waals surface area contributed by atoms with E-state index < -0.39 is 0 Å². The minimum absolute atomic E-state index is 0.159. The quantitative estimate of drug-likeness (QED) is 0.703. The van der Waals surface area contributed by atoms with Crippen LogP contribution in [0.25, 0.3) is 22.2 Å². The molecule has 120 valence electrons. The number of rotatable bonds is 6. The minimum atomic E-state index is 0.159. The molecule has 0 atom stereocenters. The van der Waals surface area contributed by atoms with E-state index in [1.807, 2.05) is 36.4 Å². The van der Waals surface area contributed by atoms with E-state index in [4.69, 9.17) is 18.9 Å². The second-order valence-electron chi connectivity index (χ2n) is 5.02. The topological polar surface area (TPSA) is 52.7 Å². The summed E-state index contributed by atoms with van der Waals surface area (Å²) in [4.78, 5) is 3.40. The smallest absolute Gasteiger partial charge is 0.189 e. The number of ether oxygens (including phenoxy) is 4. The van der Waals surface area contributed by atoms with Gasteiger partial charge in [-0.2, -0.15) is 0 Å². The highest BCUT2D eigenvalue weighted by molar-refractivity contribution is 5.92. The molecule has 0 bridgehead atoms. The first-order valence-corrected chi connectivity index (χ1v) is 7.22. The van der Waals surface area contributed by atoms with Crippen molar-refractivity contribution in [1.82, 2.24) is 4.98 Å². The minimum Gasteiger partial charge on any atom is -0.497 e. The predicted octanol–water partition coefficient (Wildman–Crippen LogP) is 3.83. The van der Waals surface area contributed by atoms with Crippen molar-refractivity contribution >= 4 is 10.9 Å². The Morgan fingerprint density at radius 3 is 2.35 bits per heavy atom. The molecule has 0 aliphatic carbocycles. The molecule has 0 saturated carbocycles. The third-order valence-corrected chi connectivity index (χ3v) is 3.66. The molecule has 0 amide bonds. The van der Waals surface area contributed by atoms with E-state index in [1.165, 1.54) is 0 Å². The fourth-order valence-electron chi connectivity index (χ4n) is 2.50. The number of H-pyrrole nitrogens is 1. The summed E-state index contributed by atoms with van der Waals surface area (Å²) in [6.07, 6.45) is 0. The molecule has 23 heavy (non-hydrogen) atoms. The summed E-state index contributed by atoms with van der Waals surface area (Å²) in [5.74, 6) is 2.14. The number of nitrogens with one attached hydrogen (secondary N) is 1. The molecule has 5 nitrogen and oxygen atoms in total. The lowest BCUT2D eigenvalue weighted by atomic mass is 10.1. The summed E-state index contributed by atoms with van der Waals surface area (Å²) >= 11 is 0. The number of hydrogen-bond donors (Lipinski definition) is 1. The lowest BCUT2D eigenvalue weighted by Crippen LogP contribution is -2.01. The number of aromatic nitrogens is 1. The summed E-state index contributed by atoms with van der Waals surface area (Å²) in [5.41, 5.74) is 2.95. The van der Waals surface area contributed by atoms with Crippen LogP contribution in [0.4, 0.5) is 0 Å². The van der Waals surface area contributed by atoms with Crippen molar-refractivity contribution in [2.75, 3.05) is 28.1 Å². The van der Waals surface area contributed by atoms with Gasteiger partial charge in [-0.3, -0.25) is 0 Å². The van der Waals surface area contributed by atoms with Crippen LogP contribution in [-0.4, -0.2) is 33.1 Å². The Kier molecular flexibility index (Phi) is 4.39. The fraction of sp³-hybridized carbons (Fsp3) is 0.222. The van der Waals surface area contributed by atoms with Crippen molar-refractivity contribution in [3.63, 3.8) is 0 Å². The highest BCUT2D eigenvalue weighted by Gasteiger charge is 2.13. The van der Waals surface area contributed by atoms with Gasteiger partial charge in [0.1, 0.15) is 5.75 Å². The largest absolute Gasteiger partial charge is 0.497 e. The van der Waals surface area contributed by atoms with Crippen LogP contribution in [0.5, 0.6) is 17.2 Å². The van der Waals surface area contributed by atoms with Crippen molar-refractivity contribution in [1.29, 1.82) is 0 Å². The highest BCUT2D eigenvalue weighted by atomic mass is 16.7. The second kappa shape index (κ2) is 6.62. The number of hydrogen-bond acceptors (Lipinski definition) is 4. The van der Waals surface area contributed by atoms with E-state index in [-0.39, 0.29) is 6.79 Å². The van der Waals surface area contributed by atoms with Gasteiger partial charge in [0.05, 0.1) is 19.7 Å². The molecule has 0 aliphatic heterocycles. The zero-order valence-electron chi connectivity index (χ0n) is 13.4. The van der Waals surface area contributed by atoms with Crippen molar-refractivity contribution in [2.24, 2.45) is 0 Å². The van der Waals surface area contributed by atoms with Gasteiger partial charge in [-0.15, -0.1) is 0 Å². The maximum atomic E-state index is 5.68. The lowest BCUT2D eigenvalue weighted by molar-refractivity contribution is 0.0502. The van der Waals surface area contributed by atoms with Gasteiger partial charge in [-0.25, -0.2) is 0 Å². The molecule has 1 N–H and O–H groups in total. The normalized spacial score (nSPS) is 10.7. The van der Waals surface area contributed by atoms with E-state index in [0.29, 0.717) is 11.5 Å². The lowest BCUT2D eigenvalue weighted by Gasteiger charge is -2.10. The molecule has 0 radical (unpaired) electrons. The molecule has 1 heterocycles. The Bertz CT molecular complexity index is 793. The van der Waals surface area contributed by atoms with Crippen LogP contribution in [0.3, 0.4) is 0 Å². The van der Waals surface area contributed by atoms with Crippen LogP contribution >= 0.6 is 0 Å². The summed E-state index contributed by atoms with van der Waals surface area (Å²) in [6, 6.07) is 13.9. The van der Waals surface area contributed by atoms with Crippen LogP contribution in [-0.2, 0) is 4.74 Å². The molecule has 0 saturated heterocycles. The number of aromatic amines is 1. The fourth-order valence-corrected chi connectivity index (χ4v) is 2.50. The molecule has 3 aromatic rings. The Morgan fingerprint density at radius 1 is 0.913 bits per heavy atom. The van der Waals surface area contributed by atoms with E-state index in [1.54, 1.807) is 21.3 Å². The first-order chi connectivity index (χ1) is 11.3. The van der Waals surface area contributed by atoms with Gasteiger partial charge in [0.15, 0.2) is 18.3 Å². The molecular formula is C18H19NO4. The monoisotopic (exact) mass is 313 g/mol. The standard InChI is InChI=1S/C18H19NO4/c1-20-11-23-18-16(22-3)9-6-13-10-15(19-17(13)18)12-4-7-14(21-2)8-5-12/h4-10,19H,11H2,1-3H3. The number of fused-ring (bicyclic) bond motifs is 1. The molecule has 2 aromatic carbocycles. The first kappa shape index (κ1) is 15.2. The van der Waals surface area contributed by atoms with E-state index in [2.05, 4.69) is 11.1 Å². The Morgan fingerprint density at radius 2 is 1.70 bits per heavy atom. The van der Waals surface area contributed by atoms with Crippen LogP contribution in [0.2, 0.25) is 0 Å². The Hall–Kier alpha value is -2.66. The summed E-state index contributed by atoms with van der Waals surface area (Å²) in [7, 11) is 4.86. The molecule has 0 unspecified atom stereocenters. The summed E-state index contributed by atoms with van der Waals surface area (Å²) in [5, 5.41) is 1.04. The van der Waals surface area contributed by atoms with Gasteiger partial charge in [0.2, 0.25) is 0 Å². The van der Waals surface area contributed by atoms with Crippen LogP contribution in [0.15, 0.2) is 42.5 Å². The average Bonchev–Trinajstić information content (AvgIpc) is 3.04. The number of methoxy groups -OCH3 is 3. The van der Waals surface area contributed by atoms with Crippen LogP contribution in [0.1, 0.15) is 0 Å². The highest BCUT2D eigenvalue weighted by Crippen LogP contribution is 2.37. The van der Waals surface area contributed by atoms with Crippen LogP contribution in [0, 0.1) is 0 Å². The zero-order chi connectivity index (χ0) is 16.2. The SMILES string of the molecule is COCOc1c(OC)ccc2cc(-c3ccc(OC)cc3)[nH]c12. The van der Waals surface area contributed by atoms with Crippen molar-refractivity contribution < 1.29 is 18.9 Å². The Labute approximate surface area is 134 Å². The molecule has 5 heteroatoms.